The number of nitrogens with zero attached hydrogens (tertiary/aromatic N) is 3. The lowest BCUT2D eigenvalue weighted by molar-refractivity contribution is -0.141. The first-order valence-corrected chi connectivity index (χ1v) is 9.03. The molecule has 3 heterocycles. The summed E-state index contributed by atoms with van der Waals surface area (Å²) in [5, 5.41) is 6.99. The number of carbonyl (C=O) groups excluding carboxylic acids is 1. The van der Waals surface area contributed by atoms with Crippen molar-refractivity contribution in [3.63, 3.8) is 0 Å². The van der Waals surface area contributed by atoms with E-state index in [0.717, 1.165) is 16.8 Å². The molecule has 7 nitrogen and oxygen atoms in total. The summed E-state index contributed by atoms with van der Waals surface area (Å²) in [6, 6.07) is 1.83. The Balaban J connectivity index is 1.96. The van der Waals surface area contributed by atoms with Crippen LogP contribution >= 0.6 is 0 Å². The number of ether oxygens (including phenoxy) is 1. The average molecular weight is 398 g/mol. The predicted octanol–water partition coefficient (Wildman–Crippen LogP) is 2.23. The summed E-state index contributed by atoms with van der Waals surface area (Å²) >= 11 is 0. The molecule has 1 aliphatic heterocycles. The van der Waals surface area contributed by atoms with E-state index < -0.39 is 17.4 Å². The number of aromatic nitrogens is 3. The maximum Gasteiger partial charge on any atom is 0.433 e. The van der Waals surface area contributed by atoms with Crippen LogP contribution in [-0.4, -0.2) is 39.9 Å². The zero-order valence-electron chi connectivity index (χ0n) is 15.5. The highest BCUT2D eigenvalue weighted by atomic mass is 19.4. The second-order valence-electron chi connectivity index (χ2n) is 7.05. The Morgan fingerprint density at radius 1 is 1.32 bits per heavy atom. The van der Waals surface area contributed by atoms with Crippen molar-refractivity contribution in [2.45, 2.75) is 51.4 Å². The number of halogens is 3. The largest absolute Gasteiger partial charge is 0.433 e. The molecule has 0 bridgehead atoms. The summed E-state index contributed by atoms with van der Waals surface area (Å²) < 4.78 is 45.2. The lowest BCUT2D eigenvalue weighted by Crippen LogP contribution is -2.42. The van der Waals surface area contributed by atoms with E-state index in [4.69, 9.17) is 4.74 Å². The molecule has 0 spiro atoms. The number of hydrogen-bond donors (Lipinski definition) is 1. The molecular weight excluding hydrogens is 377 g/mol. The first-order valence-electron chi connectivity index (χ1n) is 9.03. The zero-order valence-corrected chi connectivity index (χ0v) is 15.5. The maximum absolute atomic E-state index is 13.0. The Bertz CT molecular complexity index is 934. The van der Waals surface area contributed by atoms with Crippen LogP contribution in [0.4, 0.5) is 13.2 Å². The summed E-state index contributed by atoms with van der Waals surface area (Å²) in [7, 11) is 0. The smallest absolute Gasteiger partial charge is 0.381 e. The Hall–Kier alpha value is -2.49. The molecule has 0 unspecified atom stereocenters. The molecule has 1 fully saturated rings. The van der Waals surface area contributed by atoms with Crippen LogP contribution in [0.5, 0.6) is 0 Å². The van der Waals surface area contributed by atoms with Gasteiger partial charge in [-0.15, -0.1) is 0 Å². The topological polar surface area (TPSA) is 86.1 Å². The first kappa shape index (κ1) is 20.2. The van der Waals surface area contributed by atoms with E-state index in [-0.39, 0.29) is 41.0 Å². The van der Waals surface area contributed by atoms with E-state index in [2.05, 4.69) is 15.4 Å². The fourth-order valence-electron chi connectivity index (χ4n) is 3.09. The summed E-state index contributed by atoms with van der Waals surface area (Å²) in [6.45, 7) is 4.28. The van der Waals surface area contributed by atoms with Gasteiger partial charge in [0, 0.05) is 19.3 Å². The monoisotopic (exact) mass is 398 g/mol. The first-order chi connectivity index (χ1) is 13.2. The van der Waals surface area contributed by atoms with Crippen molar-refractivity contribution in [1.29, 1.82) is 0 Å². The molecule has 152 valence electrons. The van der Waals surface area contributed by atoms with E-state index in [1.807, 2.05) is 0 Å². The molecular formula is C18H21F3N4O3. The van der Waals surface area contributed by atoms with E-state index >= 15 is 0 Å². The molecule has 10 heteroatoms. The molecule has 0 aromatic carbocycles. The molecule has 1 amide bonds. The van der Waals surface area contributed by atoms with Crippen molar-refractivity contribution in [1.82, 2.24) is 20.1 Å². The lowest BCUT2D eigenvalue weighted by Gasteiger charge is -2.23. The molecule has 2 aromatic heterocycles. The number of carbonyl (C=O) groups is 1. The normalized spacial score (nSPS) is 15.9. The maximum atomic E-state index is 13.0. The van der Waals surface area contributed by atoms with Gasteiger partial charge in [0.1, 0.15) is 17.8 Å². The summed E-state index contributed by atoms with van der Waals surface area (Å²) in [4.78, 5) is 28.6. The Morgan fingerprint density at radius 2 is 2.00 bits per heavy atom. The molecule has 0 aliphatic carbocycles. The van der Waals surface area contributed by atoms with Crippen LogP contribution in [-0.2, 0) is 22.3 Å². The highest BCUT2D eigenvalue weighted by Gasteiger charge is 2.33. The minimum absolute atomic E-state index is 0.00515. The minimum Gasteiger partial charge on any atom is -0.381 e. The minimum atomic E-state index is -4.62. The van der Waals surface area contributed by atoms with Crippen LogP contribution in [0.2, 0.25) is 0 Å². The summed E-state index contributed by atoms with van der Waals surface area (Å²) in [6.07, 6.45) is -3.25. The Labute approximate surface area is 158 Å². The highest BCUT2D eigenvalue weighted by Crippen LogP contribution is 2.29. The van der Waals surface area contributed by atoms with E-state index in [9.17, 15) is 22.8 Å². The van der Waals surface area contributed by atoms with Gasteiger partial charge in [0.05, 0.1) is 11.1 Å². The SMILES string of the molecule is CC(C)c1nn(CC(=O)NC2CCOCC2)c(=O)c2ccc(C(F)(F)F)nc12. The summed E-state index contributed by atoms with van der Waals surface area (Å²) in [5.74, 6) is -0.667. The van der Waals surface area contributed by atoms with Crippen LogP contribution < -0.4 is 10.9 Å². The highest BCUT2D eigenvalue weighted by molar-refractivity contribution is 5.81. The quantitative estimate of drug-likeness (QED) is 0.854. The molecule has 3 rings (SSSR count). The fraction of sp³-hybridized carbons (Fsp3) is 0.556. The van der Waals surface area contributed by atoms with Gasteiger partial charge < -0.3 is 10.1 Å². The van der Waals surface area contributed by atoms with Crippen LogP contribution in [0, 0.1) is 0 Å². The number of alkyl halides is 3. The van der Waals surface area contributed by atoms with Gasteiger partial charge in [-0.2, -0.15) is 18.3 Å². The van der Waals surface area contributed by atoms with Gasteiger partial charge in [-0.3, -0.25) is 9.59 Å². The molecule has 1 saturated heterocycles. The van der Waals surface area contributed by atoms with Crippen LogP contribution in [0.25, 0.3) is 10.9 Å². The second kappa shape index (κ2) is 7.86. The number of fused-ring (bicyclic) bond motifs is 1. The molecule has 1 N–H and O–H groups in total. The standard InChI is InChI=1S/C18H21F3N4O3/c1-10(2)15-16-12(3-4-13(23-16)18(19,20)21)17(27)25(24-15)9-14(26)22-11-5-7-28-8-6-11/h3-4,10-11H,5-9H2,1-2H3,(H,22,26). The third-order valence-corrected chi connectivity index (χ3v) is 4.55. The molecule has 1 aliphatic rings. The number of hydrogen-bond acceptors (Lipinski definition) is 5. The molecule has 0 radical (unpaired) electrons. The molecule has 28 heavy (non-hydrogen) atoms. The second-order valence-corrected chi connectivity index (χ2v) is 7.05. The van der Waals surface area contributed by atoms with E-state index in [0.29, 0.717) is 26.1 Å². The fourth-order valence-corrected chi connectivity index (χ4v) is 3.09. The number of nitrogens with one attached hydrogen (secondary N) is 1. The molecule has 2 aromatic rings. The van der Waals surface area contributed by atoms with Gasteiger partial charge in [0.25, 0.3) is 5.56 Å². The number of rotatable bonds is 4. The molecule has 0 atom stereocenters. The predicted molar refractivity (Wildman–Crippen MR) is 94.9 cm³/mol. The van der Waals surface area contributed by atoms with E-state index in [1.165, 1.54) is 0 Å². The van der Waals surface area contributed by atoms with Crippen molar-refractivity contribution in [3.8, 4) is 0 Å². The van der Waals surface area contributed by atoms with Gasteiger partial charge >= 0.3 is 6.18 Å². The van der Waals surface area contributed by atoms with Crippen molar-refractivity contribution in [2.24, 2.45) is 0 Å². The third kappa shape index (κ3) is 4.32. The lowest BCUT2D eigenvalue weighted by atomic mass is 10.1. The van der Waals surface area contributed by atoms with Crippen molar-refractivity contribution in [2.75, 3.05) is 13.2 Å². The number of pyridine rings is 1. The van der Waals surface area contributed by atoms with Crippen LogP contribution in [0.3, 0.4) is 0 Å². The Morgan fingerprint density at radius 3 is 2.61 bits per heavy atom. The van der Waals surface area contributed by atoms with Crippen molar-refractivity contribution >= 4 is 16.8 Å². The van der Waals surface area contributed by atoms with Gasteiger partial charge in [-0.25, -0.2) is 9.67 Å². The Kier molecular flexibility index (Phi) is 5.69. The van der Waals surface area contributed by atoms with Crippen LogP contribution in [0.15, 0.2) is 16.9 Å². The van der Waals surface area contributed by atoms with Crippen molar-refractivity contribution in [3.05, 3.63) is 33.9 Å². The van der Waals surface area contributed by atoms with Gasteiger partial charge in [0.15, 0.2) is 0 Å². The van der Waals surface area contributed by atoms with Gasteiger partial charge in [0.2, 0.25) is 5.91 Å². The summed E-state index contributed by atoms with van der Waals surface area (Å²) in [5.41, 5.74) is -1.59. The average Bonchev–Trinajstić information content (AvgIpc) is 2.63. The van der Waals surface area contributed by atoms with Crippen molar-refractivity contribution < 1.29 is 22.7 Å². The van der Waals surface area contributed by atoms with Crippen LogP contribution in [0.1, 0.15) is 44.0 Å². The number of amides is 1. The van der Waals surface area contributed by atoms with Gasteiger partial charge in [-0.1, -0.05) is 13.8 Å². The molecule has 0 saturated carbocycles. The van der Waals surface area contributed by atoms with Gasteiger partial charge in [-0.05, 0) is 30.9 Å². The third-order valence-electron chi connectivity index (χ3n) is 4.55. The zero-order chi connectivity index (χ0) is 20.5. The van der Waals surface area contributed by atoms with E-state index in [1.54, 1.807) is 13.8 Å².